The fraction of sp³-hybridized carbons (Fsp3) is 0.500. The van der Waals surface area contributed by atoms with Crippen molar-refractivity contribution in [2.45, 2.75) is 24.7 Å². The fourth-order valence-corrected chi connectivity index (χ4v) is 5.61. The molecule has 0 aliphatic carbocycles. The van der Waals surface area contributed by atoms with Gasteiger partial charge in [-0.3, -0.25) is 14.5 Å². The van der Waals surface area contributed by atoms with E-state index >= 15 is 0 Å². The summed E-state index contributed by atoms with van der Waals surface area (Å²) in [6.07, 6.45) is 1.76. The molecule has 2 aliphatic rings. The minimum absolute atomic E-state index is 0.130. The van der Waals surface area contributed by atoms with Crippen molar-refractivity contribution in [2.75, 3.05) is 52.4 Å². The predicted molar refractivity (Wildman–Crippen MR) is 120 cm³/mol. The Morgan fingerprint density at radius 3 is 2.30 bits per heavy atom. The highest BCUT2D eigenvalue weighted by molar-refractivity contribution is 7.89. The van der Waals surface area contributed by atoms with Crippen LogP contribution < -0.4 is 5.32 Å². The Kier molecular flexibility index (Phi) is 7.11. The summed E-state index contributed by atoms with van der Waals surface area (Å²) in [5.41, 5.74) is 0.751. The van der Waals surface area contributed by atoms with Gasteiger partial charge in [0.05, 0.1) is 4.90 Å². The molecule has 3 heterocycles. The van der Waals surface area contributed by atoms with Gasteiger partial charge in [-0.2, -0.15) is 4.31 Å². The van der Waals surface area contributed by atoms with Crippen molar-refractivity contribution < 1.29 is 22.5 Å². The zero-order chi connectivity index (χ0) is 23.4. The molecule has 33 heavy (non-hydrogen) atoms. The number of piperazine rings is 1. The van der Waals surface area contributed by atoms with Crippen LogP contribution in [0.25, 0.3) is 0 Å². The van der Waals surface area contributed by atoms with Gasteiger partial charge >= 0.3 is 0 Å². The molecule has 2 amide bonds. The molecule has 2 aromatic rings. The number of hydrogen-bond donors (Lipinski definition) is 1. The van der Waals surface area contributed by atoms with E-state index in [2.05, 4.69) is 15.4 Å². The molecule has 2 aliphatic heterocycles. The summed E-state index contributed by atoms with van der Waals surface area (Å²) in [4.78, 5) is 29.0. The van der Waals surface area contributed by atoms with Gasteiger partial charge < -0.3 is 14.7 Å². The van der Waals surface area contributed by atoms with Gasteiger partial charge in [0.25, 0.3) is 11.8 Å². The van der Waals surface area contributed by atoms with Crippen LogP contribution in [0.15, 0.2) is 39.8 Å². The van der Waals surface area contributed by atoms with E-state index in [1.54, 1.807) is 30.0 Å². The van der Waals surface area contributed by atoms with Gasteiger partial charge in [0.15, 0.2) is 5.69 Å². The molecular weight excluding hydrogens is 446 g/mol. The van der Waals surface area contributed by atoms with Gasteiger partial charge in [-0.15, -0.1) is 0 Å². The molecule has 10 nitrogen and oxygen atoms in total. The quantitative estimate of drug-likeness (QED) is 0.634. The van der Waals surface area contributed by atoms with Crippen molar-refractivity contribution in [3.8, 4) is 0 Å². The fourth-order valence-electron chi connectivity index (χ4n) is 4.09. The first-order valence-electron chi connectivity index (χ1n) is 11.2. The van der Waals surface area contributed by atoms with Crippen molar-refractivity contribution in [2.24, 2.45) is 0 Å². The lowest BCUT2D eigenvalue weighted by molar-refractivity contribution is 0.0628. The van der Waals surface area contributed by atoms with Crippen LogP contribution in [-0.2, 0) is 10.0 Å². The number of sulfonamides is 1. The Balaban J connectivity index is 1.21. The highest BCUT2D eigenvalue weighted by atomic mass is 32.2. The predicted octanol–water partition coefficient (Wildman–Crippen LogP) is 0.955. The normalized spacial score (nSPS) is 17.9. The maximum atomic E-state index is 12.6. The van der Waals surface area contributed by atoms with E-state index in [1.165, 1.54) is 16.4 Å². The van der Waals surface area contributed by atoms with Gasteiger partial charge in [-0.25, -0.2) is 8.42 Å². The molecular formula is C22H29N5O5S. The van der Waals surface area contributed by atoms with Gasteiger partial charge in [0.1, 0.15) is 5.76 Å². The Labute approximate surface area is 193 Å². The number of carbonyl (C=O) groups is 2. The van der Waals surface area contributed by atoms with Crippen molar-refractivity contribution in [3.05, 3.63) is 47.3 Å². The maximum absolute atomic E-state index is 12.6. The number of nitrogens with zero attached hydrogens (tertiary/aromatic N) is 4. The lowest BCUT2D eigenvalue weighted by Gasteiger charge is -2.34. The topological polar surface area (TPSA) is 116 Å². The number of carbonyl (C=O) groups excluding carboxylic acids is 2. The number of nitrogens with one attached hydrogen (secondary N) is 1. The lowest BCUT2D eigenvalue weighted by atomic mass is 10.2. The summed E-state index contributed by atoms with van der Waals surface area (Å²) in [5, 5.41) is 6.66. The number of aryl methyl sites for hydroxylation is 1. The van der Waals surface area contributed by atoms with Gasteiger partial charge in [-0.1, -0.05) is 5.16 Å². The number of rotatable bonds is 7. The first-order chi connectivity index (χ1) is 15.8. The lowest BCUT2D eigenvalue weighted by Crippen LogP contribution is -2.50. The Bertz CT molecular complexity index is 1080. The third-order valence-corrected chi connectivity index (χ3v) is 7.95. The van der Waals surface area contributed by atoms with Crippen LogP contribution in [0.2, 0.25) is 0 Å². The van der Waals surface area contributed by atoms with Crippen LogP contribution in [-0.4, -0.2) is 91.9 Å². The second kappa shape index (κ2) is 10.0. The van der Waals surface area contributed by atoms with E-state index in [1.807, 2.05) is 0 Å². The summed E-state index contributed by atoms with van der Waals surface area (Å²) in [6, 6.07) is 7.73. The Hall–Kier alpha value is -2.76. The molecule has 0 saturated carbocycles. The Morgan fingerprint density at radius 2 is 1.70 bits per heavy atom. The molecule has 2 saturated heterocycles. The summed E-state index contributed by atoms with van der Waals surface area (Å²) in [7, 11) is -3.48. The molecule has 2 fully saturated rings. The molecule has 0 atom stereocenters. The van der Waals surface area contributed by atoms with Crippen LogP contribution in [0.3, 0.4) is 0 Å². The molecule has 0 radical (unpaired) electrons. The molecule has 0 bridgehead atoms. The van der Waals surface area contributed by atoms with Crippen molar-refractivity contribution in [3.63, 3.8) is 0 Å². The number of hydrogen-bond acceptors (Lipinski definition) is 7. The summed E-state index contributed by atoms with van der Waals surface area (Å²) >= 11 is 0. The average Bonchev–Trinajstić information content (AvgIpc) is 3.52. The highest BCUT2D eigenvalue weighted by Gasteiger charge is 2.27. The zero-order valence-corrected chi connectivity index (χ0v) is 19.5. The van der Waals surface area contributed by atoms with Crippen molar-refractivity contribution in [1.82, 2.24) is 24.6 Å². The standard InChI is InChI=1S/C22H29N5O5S/c1-17-16-20(24-32-17)22(29)26-14-12-25(13-15-26)11-8-23-21(28)18-4-6-19(7-5-18)33(30,31)27-9-2-3-10-27/h4-7,16H,2-3,8-15H2,1H3,(H,23,28). The monoisotopic (exact) mass is 475 g/mol. The van der Waals surface area contributed by atoms with Gasteiger partial charge in [0, 0.05) is 64.0 Å². The molecule has 178 valence electrons. The maximum Gasteiger partial charge on any atom is 0.276 e. The minimum atomic E-state index is -3.48. The number of aromatic nitrogens is 1. The van der Waals surface area contributed by atoms with Crippen LogP contribution >= 0.6 is 0 Å². The second-order valence-electron chi connectivity index (χ2n) is 8.35. The number of benzene rings is 1. The molecule has 1 N–H and O–H groups in total. The largest absolute Gasteiger partial charge is 0.361 e. The summed E-state index contributed by atoms with van der Waals surface area (Å²) in [5.74, 6) is 0.237. The summed E-state index contributed by atoms with van der Waals surface area (Å²) < 4.78 is 31.7. The SMILES string of the molecule is Cc1cc(C(=O)N2CCN(CCNC(=O)c3ccc(S(=O)(=O)N4CCCC4)cc3)CC2)no1. The zero-order valence-electron chi connectivity index (χ0n) is 18.7. The first kappa shape index (κ1) is 23.4. The number of amides is 2. The third kappa shape index (κ3) is 5.43. The van der Waals surface area contributed by atoms with Crippen molar-refractivity contribution in [1.29, 1.82) is 0 Å². The van der Waals surface area contributed by atoms with E-state index in [9.17, 15) is 18.0 Å². The molecule has 1 aromatic carbocycles. The molecule has 0 unspecified atom stereocenters. The van der Waals surface area contributed by atoms with E-state index in [0.29, 0.717) is 69.4 Å². The van der Waals surface area contributed by atoms with E-state index in [4.69, 9.17) is 4.52 Å². The smallest absolute Gasteiger partial charge is 0.276 e. The van der Waals surface area contributed by atoms with E-state index < -0.39 is 10.0 Å². The van der Waals surface area contributed by atoms with Gasteiger partial charge in [-0.05, 0) is 44.0 Å². The summed E-state index contributed by atoms with van der Waals surface area (Å²) in [6.45, 7) is 6.57. The average molecular weight is 476 g/mol. The molecule has 11 heteroatoms. The minimum Gasteiger partial charge on any atom is -0.361 e. The van der Waals surface area contributed by atoms with Gasteiger partial charge in [0.2, 0.25) is 10.0 Å². The van der Waals surface area contributed by atoms with Crippen LogP contribution in [0.5, 0.6) is 0 Å². The molecule has 0 spiro atoms. The van der Waals surface area contributed by atoms with Crippen LogP contribution in [0.1, 0.15) is 39.4 Å². The molecule has 1 aromatic heterocycles. The van der Waals surface area contributed by atoms with Crippen LogP contribution in [0.4, 0.5) is 0 Å². The Morgan fingerprint density at radius 1 is 1.03 bits per heavy atom. The highest BCUT2D eigenvalue weighted by Crippen LogP contribution is 2.21. The first-order valence-corrected chi connectivity index (χ1v) is 12.6. The van der Waals surface area contributed by atoms with E-state index in [0.717, 1.165) is 12.8 Å². The molecule has 4 rings (SSSR count). The van der Waals surface area contributed by atoms with Crippen LogP contribution in [0, 0.1) is 6.92 Å². The van der Waals surface area contributed by atoms with Crippen molar-refractivity contribution >= 4 is 21.8 Å². The second-order valence-corrected chi connectivity index (χ2v) is 10.3. The third-order valence-electron chi connectivity index (χ3n) is 6.04. The van der Waals surface area contributed by atoms with E-state index in [-0.39, 0.29) is 16.7 Å².